The second-order valence-electron chi connectivity index (χ2n) is 6.82. The normalized spacial score (nSPS) is 18.0. The van der Waals surface area contributed by atoms with Crippen molar-refractivity contribution in [2.45, 2.75) is 38.3 Å². The van der Waals surface area contributed by atoms with Crippen molar-refractivity contribution in [2.75, 3.05) is 6.54 Å². The van der Waals surface area contributed by atoms with Gasteiger partial charge in [0.05, 0.1) is 23.4 Å². The zero-order valence-corrected chi connectivity index (χ0v) is 14.6. The number of benzene rings is 1. The van der Waals surface area contributed by atoms with Crippen molar-refractivity contribution in [3.05, 3.63) is 54.6 Å². The van der Waals surface area contributed by atoms with Crippen molar-refractivity contribution < 1.29 is 4.79 Å². The number of aromatic nitrogens is 3. The number of carbonyl (C=O) groups is 1. The van der Waals surface area contributed by atoms with Crippen LogP contribution in [0, 0.1) is 0 Å². The zero-order valence-electron chi connectivity index (χ0n) is 14.6. The minimum Gasteiger partial charge on any atom is -0.353 e. The van der Waals surface area contributed by atoms with Gasteiger partial charge in [-0.25, -0.2) is 4.98 Å². The predicted octanol–water partition coefficient (Wildman–Crippen LogP) is 3.52. The molecule has 0 bridgehead atoms. The molecule has 25 heavy (non-hydrogen) atoms. The van der Waals surface area contributed by atoms with E-state index in [9.17, 15) is 4.79 Å². The number of fused-ring (bicyclic) bond motifs is 1. The number of piperidine rings is 1. The fourth-order valence-electron chi connectivity index (χ4n) is 3.91. The lowest BCUT2D eigenvalue weighted by atomic mass is 9.98. The molecule has 3 heterocycles. The fraction of sp³-hybridized carbons (Fsp3) is 0.400. The molecule has 1 amide bonds. The van der Waals surface area contributed by atoms with Crippen LogP contribution in [0.4, 0.5) is 0 Å². The Hall–Kier alpha value is -2.56. The molecule has 0 aliphatic carbocycles. The average Bonchev–Trinajstić information content (AvgIpc) is 3.26. The quantitative estimate of drug-likeness (QED) is 0.731. The molecule has 130 valence electrons. The average molecular weight is 336 g/mol. The first kappa shape index (κ1) is 15.9. The van der Waals surface area contributed by atoms with Gasteiger partial charge in [-0.3, -0.25) is 4.79 Å². The number of imidazole rings is 1. The van der Waals surface area contributed by atoms with Gasteiger partial charge in [-0.2, -0.15) is 0 Å². The Bertz CT molecular complexity index is 879. The monoisotopic (exact) mass is 336 g/mol. The van der Waals surface area contributed by atoms with Crippen molar-refractivity contribution in [1.29, 1.82) is 0 Å². The van der Waals surface area contributed by atoms with E-state index in [2.05, 4.69) is 50.5 Å². The lowest BCUT2D eigenvalue weighted by Crippen LogP contribution is -2.39. The summed E-state index contributed by atoms with van der Waals surface area (Å²) in [4.78, 5) is 19.4. The third kappa shape index (κ3) is 3.06. The number of aryl methyl sites for hydroxylation is 2. The number of para-hydroxylation sites is 2. The van der Waals surface area contributed by atoms with E-state index in [-0.39, 0.29) is 11.9 Å². The minimum atomic E-state index is 0.209. The summed E-state index contributed by atoms with van der Waals surface area (Å²) in [5.74, 6) is 0.240. The second-order valence-corrected chi connectivity index (χ2v) is 6.82. The first-order valence-electron chi connectivity index (χ1n) is 9.04. The van der Waals surface area contributed by atoms with E-state index in [1.165, 1.54) is 12.1 Å². The van der Waals surface area contributed by atoms with E-state index in [1.807, 2.05) is 24.5 Å². The van der Waals surface area contributed by atoms with Crippen molar-refractivity contribution >= 4 is 16.9 Å². The van der Waals surface area contributed by atoms with Gasteiger partial charge in [0, 0.05) is 38.4 Å². The Kier molecular flexibility index (Phi) is 4.30. The number of nitrogens with zero attached hydrogens (tertiary/aromatic N) is 4. The highest BCUT2D eigenvalue weighted by Gasteiger charge is 2.29. The highest BCUT2D eigenvalue weighted by Crippen LogP contribution is 2.31. The van der Waals surface area contributed by atoms with E-state index in [0.717, 1.165) is 30.4 Å². The molecular formula is C20H24N4O. The smallest absolute Gasteiger partial charge is 0.224 e. The minimum absolute atomic E-state index is 0.209. The third-order valence-electron chi connectivity index (χ3n) is 5.24. The molecule has 0 radical (unpaired) electrons. The Morgan fingerprint density at radius 2 is 2.08 bits per heavy atom. The van der Waals surface area contributed by atoms with Gasteiger partial charge in [-0.15, -0.1) is 0 Å². The Balaban J connectivity index is 1.48. The lowest BCUT2D eigenvalue weighted by molar-refractivity contribution is -0.135. The summed E-state index contributed by atoms with van der Waals surface area (Å²) in [5.41, 5.74) is 3.31. The molecule has 1 unspecified atom stereocenters. The molecule has 2 aromatic heterocycles. The maximum atomic E-state index is 12.9. The highest BCUT2D eigenvalue weighted by molar-refractivity contribution is 5.78. The van der Waals surface area contributed by atoms with Crippen molar-refractivity contribution in [3.63, 3.8) is 0 Å². The van der Waals surface area contributed by atoms with Gasteiger partial charge in [0.2, 0.25) is 5.91 Å². The number of carbonyl (C=O) groups excluding carboxylic acids is 1. The van der Waals surface area contributed by atoms with Gasteiger partial charge in [-0.1, -0.05) is 12.1 Å². The van der Waals surface area contributed by atoms with Crippen LogP contribution < -0.4 is 0 Å². The fourth-order valence-corrected chi connectivity index (χ4v) is 3.91. The first-order valence-corrected chi connectivity index (χ1v) is 9.04. The molecule has 1 saturated heterocycles. The molecule has 1 fully saturated rings. The van der Waals surface area contributed by atoms with Crippen LogP contribution in [0.2, 0.25) is 0 Å². The molecule has 1 aliphatic rings. The van der Waals surface area contributed by atoms with E-state index in [1.54, 1.807) is 0 Å². The SMILES string of the molecule is Cn1cccc1C1CCCCN1C(=O)CCn1cnc2ccccc21. The molecule has 1 aliphatic heterocycles. The third-order valence-corrected chi connectivity index (χ3v) is 5.24. The van der Waals surface area contributed by atoms with Crippen LogP contribution in [0.5, 0.6) is 0 Å². The Labute approximate surface area is 147 Å². The summed E-state index contributed by atoms with van der Waals surface area (Å²) in [5, 5.41) is 0. The van der Waals surface area contributed by atoms with Gasteiger partial charge in [-0.05, 0) is 43.5 Å². The van der Waals surface area contributed by atoms with E-state index < -0.39 is 0 Å². The molecular weight excluding hydrogens is 312 g/mol. The van der Waals surface area contributed by atoms with Crippen LogP contribution in [0.1, 0.15) is 37.4 Å². The van der Waals surface area contributed by atoms with Gasteiger partial charge in [0.1, 0.15) is 0 Å². The van der Waals surface area contributed by atoms with Crippen molar-refractivity contribution in [1.82, 2.24) is 19.0 Å². The Morgan fingerprint density at radius 1 is 1.20 bits per heavy atom. The maximum Gasteiger partial charge on any atom is 0.224 e. The molecule has 0 N–H and O–H groups in total. The molecule has 5 nitrogen and oxygen atoms in total. The topological polar surface area (TPSA) is 43.1 Å². The summed E-state index contributed by atoms with van der Waals surface area (Å²) in [6.45, 7) is 1.54. The van der Waals surface area contributed by atoms with Crippen LogP contribution in [-0.4, -0.2) is 31.5 Å². The summed E-state index contributed by atoms with van der Waals surface area (Å²) in [6.07, 6.45) is 7.75. The van der Waals surface area contributed by atoms with Crippen LogP contribution in [0.3, 0.4) is 0 Å². The van der Waals surface area contributed by atoms with E-state index in [4.69, 9.17) is 0 Å². The summed E-state index contributed by atoms with van der Waals surface area (Å²) >= 11 is 0. The van der Waals surface area contributed by atoms with Crippen LogP contribution >= 0.6 is 0 Å². The standard InChI is InChI=1S/C20H24N4O/c1-22-12-6-10-18(22)19-9-4-5-13-24(19)20(25)11-14-23-15-21-16-7-2-3-8-17(16)23/h2-3,6-8,10,12,15,19H,4-5,9,11,13-14H2,1H3. The van der Waals surface area contributed by atoms with Crippen LogP contribution in [0.25, 0.3) is 11.0 Å². The van der Waals surface area contributed by atoms with E-state index >= 15 is 0 Å². The molecule has 4 rings (SSSR count). The predicted molar refractivity (Wildman–Crippen MR) is 98.1 cm³/mol. The Morgan fingerprint density at radius 3 is 2.92 bits per heavy atom. The highest BCUT2D eigenvalue weighted by atomic mass is 16.2. The van der Waals surface area contributed by atoms with Gasteiger partial charge >= 0.3 is 0 Å². The molecule has 0 saturated carbocycles. The van der Waals surface area contributed by atoms with E-state index in [0.29, 0.717) is 13.0 Å². The number of amides is 1. The lowest BCUT2D eigenvalue weighted by Gasteiger charge is -2.36. The second kappa shape index (κ2) is 6.75. The van der Waals surface area contributed by atoms with Crippen LogP contribution in [-0.2, 0) is 18.4 Å². The number of likely N-dealkylation sites (tertiary alicyclic amines) is 1. The number of rotatable bonds is 4. The zero-order chi connectivity index (χ0) is 17.2. The summed E-state index contributed by atoms with van der Waals surface area (Å²) in [7, 11) is 2.06. The molecule has 1 aromatic carbocycles. The van der Waals surface area contributed by atoms with Crippen molar-refractivity contribution in [3.8, 4) is 0 Å². The number of hydrogen-bond donors (Lipinski definition) is 0. The van der Waals surface area contributed by atoms with Gasteiger partial charge in [0.25, 0.3) is 0 Å². The van der Waals surface area contributed by atoms with Gasteiger partial charge < -0.3 is 14.0 Å². The molecule has 0 spiro atoms. The largest absolute Gasteiger partial charge is 0.353 e. The maximum absolute atomic E-state index is 12.9. The van der Waals surface area contributed by atoms with Crippen LogP contribution in [0.15, 0.2) is 48.9 Å². The first-order chi connectivity index (χ1) is 12.2. The summed E-state index contributed by atoms with van der Waals surface area (Å²) < 4.78 is 4.22. The van der Waals surface area contributed by atoms with Crippen molar-refractivity contribution in [2.24, 2.45) is 7.05 Å². The summed E-state index contributed by atoms with van der Waals surface area (Å²) in [6, 6.07) is 12.5. The van der Waals surface area contributed by atoms with Gasteiger partial charge in [0.15, 0.2) is 0 Å². The molecule has 1 atom stereocenters. The molecule has 5 heteroatoms. The number of hydrogen-bond acceptors (Lipinski definition) is 2. The molecule has 3 aromatic rings.